The number of aromatic nitrogens is 2. The fraction of sp³-hybridized carbons (Fsp3) is 0.222. The van der Waals surface area contributed by atoms with Gasteiger partial charge in [0.15, 0.2) is 0 Å². The van der Waals surface area contributed by atoms with E-state index in [0.717, 1.165) is 45.4 Å². The molecule has 1 fully saturated rings. The molecule has 2 aromatic carbocycles. The molecule has 2 heterocycles. The molecule has 0 aliphatic carbocycles. The van der Waals surface area contributed by atoms with E-state index in [2.05, 4.69) is 32.6 Å². The zero-order valence-corrected chi connectivity index (χ0v) is 14.7. The SMILES string of the molecule is O=C(c1cccc(I)c1)N1CCC[C@H]1c1nc2ccccc2[nH]1. The first-order valence-corrected chi connectivity index (χ1v) is 8.81. The third-order valence-electron chi connectivity index (χ3n) is 4.31. The minimum absolute atomic E-state index is 0.0350. The van der Waals surface area contributed by atoms with Gasteiger partial charge in [0.05, 0.1) is 17.1 Å². The molecule has 23 heavy (non-hydrogen) atoms. The summed E-state index contributed by atoms with van der Waals surface area (Å²) < 4.78 is 1.08. The Kier molecular flexibility index (Phi) is 3.80. The summed E-state index contributed by atoms with van der Waals surface area (Å²) in [4.78, 5) is 22.9. The molecule has 1 aromatic heterocycles. The van der Waals surface area contributed by atoms with Gasteiger partial charge in [-0.15, -0.1) is 0 Å². The summed E-state index contributed by atoms with van der Waals surface area (Å²) in [6.07, 6.45) is 1.97. The van der Waals surface area contributed by atoms with Crippen LogP contribution >= 0.6 is 22.6 Å². The standard InChI is InChI=1S/C18H16IN3O/c19-13-6-3-5-12(11-13)18(23)22-10-4-9-16(22)17-20-14-7-1-2-8-15(14)21-17/h1-3,5-8,11,16H,4,9-10H2,(H,20,21)/t16-/m0/s1. The van der Waals surface area contributed by atoms with Crippen molar-refractivity contribution in [3.8, 4) is 0 Å². The van der Waals surface area contributed by atoms with Gasteiger partial charge < -0.3 is 9.88 Å². The number of nitrogens with zero attached hydrogens (tertiary/aromatic N) is 2. The Morgan fingerprint density at radius 1 is 1.22 bits per heavy atom. The van der Waals surface area contributed by atoms with Crippen LogP contribution in [0, 0.1) is 3.57 Å². The van der Waals surface area contributed by atoms with Gasteiger partial charge in [0.1, 0.15) is 5.82 Å². The van der Waals surface area contributed by atoms with Crippen LogP contribution in [0.2, 0.25) is 0 Å². The molecule has 1 atom stereocenters. The van der Waals surface area contributed by atoms with Crippen LogP contribution in [0.4, 0.5) is 0 Å². The number of nitrogens with one attached hydrogen (secondary N) is 1. The normalized spacial score (nSPS) is 17.8. The van der Waals surface area contributed by atoms with Crippen LogP contribution in [0.5, 0.6) is 0 Å². The van der Waals surface area contributed by atoms with Crippen LogP contribution in [-0.2, 0) is 0 Å². The zero-order valence-electron chi connectivity index (χ0n) is 12.5. The first-order chi connectivity index (χ1) is 11.2. The van der Waals surface area contributed by atoms with Gasteiger partial charge in [0.25, 0.3) is 5.91 Å². The topological polar surface area (TPSA) is 49.0 Å². The van der Waals surface area contributed by atoms with E-state index < -0.39 is 0 Å². The summed E-state index contributed by atoms with van der Waals surface area (Å²) in [6, 6.07) is 15.8. The van der Waals surface area contributed by atoms with Crippen LogP contribution in [0.1, 0.15) is 35.1 Å². The first kappa shape index (κ1) is 14.7. The quantitative estimate of drug-likeness (QED) is 0.638. The van der Waals surface area contributed by atoms with E-state index in [1.807, 2.05) is 53.4 Å². The Morgan fingerprint density at radius 3 is 2.91 bits per heavy atom. The smallest absolute Gasteiger partial charge is 0.254 e. The molecular weight excluding hydrogens is 401 g/mol. The van der Waals surface area contributed by atoms with Crippen molar-refractivity contribution in [2.45, 2.75) is 18.9 Å². The lowest BCUT2D eigenvalue weighted by Crippen LogP contribution is -2.31. The average Bonchev–Trinajstić information content (AvgIpc) is 3.20. The van der Waals surface area contributed by atoms with Crippen molar-refractivity contribution >= 4 is 39.5 Å². The molecule has 0 bridgehead atoms. The summed E-state index contributed by atoms with van der Waals surface area (Å²) in [5, 5.41) is 0. The molecule has 1 saturated heterocycles. The monoisotopic (exact) mass is 417 g/mol. The van der Waals surface area contributed by atoms with E-state index in [4.69, 9.17) is 0 Å². The van der Waals surface area contributed by atoms with Crippen LogP contribution in [0.15, 0.2) is 48.5 Å². The van der Waals surface area contributed by atoms with Gasteiger partial charge >= 0.3 is 0 Å². The maximum atomic E-state index is 12.9. The Hall–Kier alpha value is -1.89. The zero-order chi connectivity index (χ0) is 15.8. The number of para-hydroxylation sites is 2. The van der Waals surface area contributed by atoms with Gasteiger partial charge in [-0.1, -0.05) is 18.2 Å². The van der Waals surface area contributed by atoms with Crippen molar-refractivity contribution in [1.82, 2.24) is 14.9 Å². The van der Waals surface area contributed by atoms with Crippen molar-refractivity contribution in [3.05, 3.63) is 63.5 Å². The third kappa shape index (κ3) is 2.73. The predicted octanol–water partition coefficient (Wildman–Crippen LogP) is 4.14. The largest absolute Gasteiger partial charge is 0.340 e. The van der Waals surface area contributed by atoms with Gasteiger partial charge in [-0.05, 0) is 65.8 Å². The number of amides is 1. The maximum Gasteiger partial charge on any atom is 0.254 e. The minimum atomic E-state index is 0.0350. The first-order valence-electron chi connectivity index (χ1n) is 7.73. The third-order valence-corrected chi connectivity index (χ3v) is 4.98. The molecule has 4 rings (SSSR count). The number of halogens is 1. The van der Waals surface area contributed by atoms with E-state index in [1.165, 1.54) is 0 Å². The summed E-state index contributed by atoms with van der Waals surface area (Å²) in [5.41, 5.74) is 2.73. The van der Waals surface area contributed by atoms with Gasteiger partial charge in [-0.25, -0.2) is 4.98 Å². The highest BCUT2D eigenvalue weighted by Crippen LogP contribution is 2.32. The summed E-state index contributed by atoms with van der Waals surface area (Å²) in [6.45, 7) is 0.784. The number of H-pyrrole nitrogens is 1. The number of hydrogen-bond donors (Lipinski definition) is 1. The van der Waals surface area contributed by atoms with Crippen LogP contribution in [0.3, 0.4) is 0 Å². The molecule has 5 heteroatoms. The summed E-state index contributed by atoms with van der Waals surface area (Å²) in [5.74, 6) is 0.981. The molecule has 4 nitrogen and oxygen atoms in total. The van der Waals surface area contributed by atoms with Gasteiger partial charge in [-0.2, -0.15) is 0 Å². The number of rotatable bonds is 2. The van der Waals surface area contributed by atoms with E-state index in [1.54, 1.807) is 0 Å². The van der Waals surface area contributed by atoms with Crippen molar-refractivity contribution < 1.29 is 4.79 Å². The molecule has 0 saturated carbocycles. The molecular formula is C18H16IN3O. The second-order valence-corrected chi connectivity index (χ2v) is 7.05. The lowest BCUT2D eigenvalue weighted by atomic mass is 10.1. The highest BCUT2D eigenvalue weighted by atomic mass is 127. The van der Waals surface area contributed by atoms with Gasteiger partial charge in [0.2, 0.25) is 0 Å². The fourth-order valence-corrected chi connectivity index (χ4v) is 3.75. The Balaban J connectivity index is 1.67. The number of fused-ring (bicyclic) bond motifs is 1. The molecule has 1 aliphatic rings. The fourth-order valence-electron chi connectivity index (χ4n) is 3.21. The summed E-state index contributed by atoms with van der Waals surface area (Å²) >= 11 is 2.24. The molecule has 0 unspecified atom stereocenters. The second kappa shape index (κ2) is 5.96. The van der Waals surface area contributed by atoms with Gasteiger partial charge in [0, 0.05) is 15.7 Å². The summed E-state index contributed by atoms with van der Waals surface area (Å²) in [7, 11) is 0. The molecule has 116 valence electrons. The Bertz CT molecular complexity index is 840. The number of hydrogen-bond acceptors (Lipinski definition) is 2. The average molecular weight is 417 g/mol. The maximum absolute atomic E-state index is 12.9. The van der Waals surface area contributed by atoms with Crippen molar-refractivity contribution in [1.29, 1.82) is 0 Å². The van der Waals surface area contributed by atoms with Gasteiger partial charge in [-0.3, -0.25) is 4.79 Å². The van der Waals surface area contributed by atoms with Crippen LogP contribution in [0.25, 0.3) is 11.0 Å². The van der Waals surface area contributed by atoms with E-state index in [9.17, 15) is 4.79 Å². The highest BCUT2D eigenvalue weighted by molar-refractivity contribution is 14.1. The van der Waals surface area contributed by atoms with Crippen molar-refractivity contribution in [2.24, 2.45) is 0 Å². The van der Waals surface area contributed by atoms with Crippen LogP contribution < -0.4 is 0 Å². The Morgan fingerprint density at radius 2 is 2.09 bits per heavy atom. The number of imidazole rings is 1. The number of likely N-dealkylation sites (tertiary alicyclic amines) is 1. The Labute approximate surface area is 148 Å². The molecule has 0 spiro atoms. The van der Waals surface area contributed by atoms with Crippen LogP contribution in [-0.4, -0.2) is 27.3 Å². The molecule has 3 aromatic rings. The lowest BCUT2D eigenvalue weighted by molar-refractivity contribution is 0.0730. The van der Waals surface area contributed by atoms with Crippen molar-refractivity contribution in [2.75, 3.05) is 6.54 Å². The highest BCUT2D eigenvalue weighted by Gasteiger charge is 2.32. The van der Waals surface area contributed by atoms with E-state index in [-0.39, 0.29) is 11.9 Å². The number of aromatic amines is 1. The van der Waals surface area contributed by atoms with Crippen molar-refractivity contribution in [3.63, 3.8) is 0 Å². The minimum Gasteiger partial charge on any atom is -0.340 e. The molecule has 1 aliphatic heterocycles. The second-order valence-electron chi connectivity index (χ2n) is 5.81. The van der Waals surface area contributed by atoms with E-state index in [0.29, 0.717) is 0 Å². The lowest BCUT2D eigenvalue weighted by Gasteiger charge is -2.23. The molecule has 1 N–H and O–H groups in total. The molecule has 1 amide bonds. The number of carbonyl (C=O) groups is 1. The number of carbonyl (C=O) groups excluding carboxylic acids is 1. The van der Waals surface area contributed by atoms with E-state index >= 15 is 0 Å². The molecule has 0 radical (unpaired) electrons. The predicted molar refractivity (Wildman–Crippen MR) is 98.3 cm³/mol. The number of benzene rings is 2.